The van der Waals surface area contributed by atoms with Crippen molar-refractivity contribution in [1.82, 2.24) is 5.32 Å². The van der Waals surface area contributed by atoms with Gasteiger partial charge < -0.3 is 15.4 Å². The molecule has 0 spiro atoms. The van der Waals surface area contributed by atoms with Gasteiger partial charge in [0.25, 0.3) is 0 Å². The van der Waals surface area contributed by atoms with Crippen molar-refractivity contribution in [3.8, 4) is 5.75 Å². The Kier molecular flexibility index (Phi) is 5.67. The van der Waals surface area contributed by atoms with Gasteiger partial charge in [0.05, 0.1) is 12.8 Å². The van der Waals surface area contributed by atoms with E-state index in [4.69, 9.17) is 16.3 Å². The van der Waals surface area contributed by atoms with Crippen LogP contribution in [0.3, 0.4) is 0 Å². The Labute approximate surface area is 135 Å². The van der Waals surface area contributed by atoms with Crippen LogP contribution < -0.4 is 15.4 Å². The fourth-order valence-electron chi connectivity index (χ4n) is 2.02. The highest BCUT2D eigenvalue weighted by molar-refractivity contribution is 6.31. The molecule has 0 aliphatic carbocycles. The number of amides is 2. The van der Waals surface area contributed by atoms with Crippen LogP contribution in [0.1, 0.15) is 11.1 Å². The predicted octanol–water partition coefficient (Wildman–Crippen LogP) is 4.02. The maximum absolute atomic E-state index is 11.9. The minimum absolute atomic E-state index is 0.285. The minimum atomic E-state index is -0.285. The second kappa shape index (κ2) is 7.71. The van der Waals surface area contributed by atoms with Crippen molar-refractivity contribution in [1.29, 1.82) is 0 Å². The van der Waals surface area contributed by atoms with E-state index in [2.05, 4.69) is 34.9 Å². The molecule has 0 heterocycles. The molecule has 2 aromatic rings. The normalized spacial score (nSPS) is 10.1. The van der Waals surface area contributed by atoms with Crippen LogP contribution in [-0.2, 0) is 6.42 Å². The summed E-state index contributed by atoms with van der Waals surface area (Å²) in [6.45, 7) is 2.60. The summed E-state index contributed by atoms with van der Waals surface area (Å²) in [6, 6.07) is 13.0. The molecule has 2 rings (SSSR count). The van der Waals surface area contributed by atoms with Gasteiger partial charge in [-0.3, -0.25) is 0 Å². The van der Waals surface area contributed by atoms with E-state index in [0.717, 1.165) is 6.42 Å². The van der Waals surface area contributed by atoms with Crippen molar-refractivity contribution < 1.29 is 9.53 Å². The summed E-state index contributed by atoms with van der Waals surface area (Å²) in [6.07, 6.45) is 0.778. The highest BCUT2D eigenvalue weighted by Gasteiger charge is 2.07. The van der Waals surface area contributed by atoms with Crippen LogP contribution in [0.5, 0.6) is 5.75 Å². The molecule has 0 saturated heterocycles. The molecule has 2 aromatic carbocycles. The van der Waals surface area contributed by atoms with Crippen LogP contribution in [0.4, 0.5) is 10.5 Å². The zero-order chi connectivity index (χ0) is 15.9. The van der Waals surface area contributed by atoms with Gasteiger partial charge in [-0.25, -0.2) is 4.79 Å². The SMILES string of the molecule is COc1ccc(Cl)cc1NC(=O)NCCc1ccc(C)cc1. The molecule has 2 N–H and O–H groups in total. The van der Waals surface area contributed by atoms with Gasteiger partial charge >= 0.3 is 6.03 Å². The van der Waals surface area contributed by atoms with E-state index in [1.165, 1.54) is 11.1 Å². The van der Waals surface area contributed by atoms with Crippen molar-refractivity contribution in [2.24, 2.45) is 0 Å². The van der Waals surface area contributed by atoms with E-state index >= 15 is 0 Å². The first-order chi connectivity index (χ1) is 10.6. The van der Waals surface area contributed by atoms with Gasteiger partial charge in [-0.1, -0.05) is 41.4 Å². The molecule has 0 saturated carbocycles. The lowest BCUT2D eigenvalue weighted by Crippen LogP contribution is -2.30. The van der Waals surface area contributed by atoms with E-state index in [1.807, 2.05) is 6.92 Å². The number of hydrogen-bond acceptors (Lipinski definition) is 2. The van der Waals surface area contributed by atoms with E-state index in [1.54, 1.807) is 25.3 Å². The Hall–Kier alpha value is -2.20. The van der Waals surface area contributed by atoms with Crippen LogP contribution in [0.25, 0.3) is 0 Å². The second-order valence-corrected chi connectivity index (χ2v) is 5.40. The van der Waals surface area contributed by atoms with Crippen molar-refractivity contribution in [3.05, 3.63) is 58.6 Å². The fraction of sp³-hybridized carbons (Fsp3) is 0.235. The number of halogens is 1. The lowest BCUT2D eigenvalue weighted by atomic mass is 10.1. The summed E-state index contributed by atoms with van der Waals surface area (Å²) < 4.78 is 5.19. The van der Waals surface area contributed by atoms with Gasteiger partial charge in [-0.2, -0.15) is 0 Å². The lowest BCUT2D eigenvalue weighted by molar-refractivity contribution is 0.252. The topological polar surface area (TPSA) is 50.4 Å². The molecule has 0 bridgehead atoms. The van der Waals surface area contributed by atoms with Gasteiger partial charge in [0.1, 0.15) is 5.75 Å². The average Bonchev–Trinajstić information content (AvgIpc) is 2.49. The Bertz CT molecular complexity index is 642. The summed E-state index contributed by atoms with van der Waals surface area (Å²) in [4.78, 5) is 11.9. The van der Waals surface area contributed by atoms with E-state index in [-0.39, 0.29) is 6.03 Å². The third-order valence-electron chi connectivity index (χ3n) is 3.23. The first-order valence-electron chi connectivity index (χ1n) is 7.02. The van der Waals surface area contributed by atoms with Crippen molar-refractivity contribution >= 4 is 23.3 Å². The number of methoxy groups -OCH3 is 1. The van der Waals surface area contributed by atoms with Crippen LogP contribution in [0.15, 0.2) is 42.5 Å². The highest BCUT2D eigenvalue weighted by atomic mass is 35.5. The zero-order valence-electron chi connectivity index (χ0n) is 12.7. The Morgan fingerprint density at radius 1 is 1.18 bits per heavy atom. The molecule has 0 radical (unpaired) electrons. The van der Waals surface area contributed by atoms with Gasteiger partial charge in [0.15, 0.2) is 0 Å². The molecule has 0 aliphatic rings. The van der Waals surface area contributed by atoms with Crippen molar-refractivity contribution in [3.63, 3.8) is 0 Å². The molecule has 0 fully saturated rings. The molecule has 4 nitrogen and oxygen atoms in total. The number of hydrogen-bond donors (Lipinski definition) is 2. The Morgan fingerprint density at radius 2 is 1.91 bits per heavy atom. The van der Waals surface area contributed by atoms with Crippen LogP contribution in [-0.4, -0.2) is 19.7 Å². The molecule has 116 valence electrons. The summed E-state index contributed by atoms with van der Waals surface area (Å²) in [5.41, 5.74) is 2.96. The number of carbonyl (C=O) groups excluding carboxylic acids is 1. The van der Waals surface area contributed by atoms with Gasteiger partial charge in [-0.15, -0.1) is 0 Å². The number of nitrogens with one attached hydrogen (secondary N) is 2. The Balaban J connectivity index is 1.85. The average molecular weight is 319 g/mol. The molecule has 22 heavy (non-hydrogen) atoms. The summed E-state index contributed by atoms with van der Waals surface area (Å²) in [5, 5.41) is 6.09. The number of anilines is 1. The molecule has 2 amide bonds. The van der Waals surface area contributed by atoms with Crippen molar-refractivity contribution in [2.75, 3.05) is 19.0 Å². The summed E-state index contributed by atoms with van der Waals surface area (Å²) in [7, 11) is 1.55. The third kappa shape index (κ3) is 4.67. The second-order valence-electron chi connectivity index (χ2n) is 4.96. The van der Waals surface area contributed by atoms with E-state index < -0.39 is 0 Å². The van der Waals surface area contributed by atoms with Crippen LogP contribution in [0.2, 0.25) is 5.02 Å². The molecular weight excluding hydrogens is 300 g/mol. The number of urea groups is 1. The van der Waals surface area contributed by atoms with Crippen LogP contribution >= 0.6 is 11.6 Å². The number of benzene rings is 2. The monoisotopic (exact) mass is 318 g/mol. The number of aryl methyl sites for hydroxylation is 1. The quantitative estimate of drug-likeness (QED) is 0.874. The largest absolute Gasteiger partial charge is 0.495 e. The standard InChI is InChI=1S/C17H19ClN2O2/c1-12-3-5-13(6-4-12)9-10-19-17(21)20-15-11-14(18)7-8-16(15)22-2/h3-8,11H,9-10H2,1-2H3,(H2,19,20,21). The maximum atomic E-state index is 11.9. The third-order valence-corrected chi connectivity index (χ3v) is 3.46. The fourth-order valence-corrected chi connectivity index (χ4v) is 2.19. The first-order valence-corrected chi connectivity index (χ1v) is 7.40. The summed E-state index contributed by atoms with van der Waals surface area (Å²) in [5.74, 6) is 0.568. The number of carbonyl (C=O) groups is 1. The highest BCUT2D eigenvalue weighted by Crippen LogP contribution is 2.27. The Morgan fingerprint density at radius 3 is 2.59 bits per heavy atom. The van der Waals surface area contributed by atoms with E-state index in [9.17, 15) is 4.79 Å². The van der Waals surface area contributed by atoms with Crippen LogP contribution in [0, 0.1) is 6.92 Å². The molecule has 5 heteroatoms. The number of ether oxygens (including phenoxy) is 1. The molecule has 0 unspecified atom stereocenters. The number of rotatable bonds is 5. The summed E-state index contributed by atoms with van der Waals surface area (Å²) >= 11 is 5.93. The molecular formula is C17H19ClN2O2. The van der Waals surface area contributed by atoms with Gasteiger partial charge in [0.2, 0.25) is 0 Å². The molecule has 0 aliphatic heterocycles. The molecule has 0 aromatic heterocycles. The van der Waals surface area contributed by atoms with Crippen molar-refractivity contribution in [2.45, 2.75) is 13.3 Å². The molecule has 0 atom stereocenters. The zero-order valence-corrected chi connectivity index (χ0v) is 13.4. The maximum Gasteiger partial charge on any atom is 0.319 e. The lowest BCUT2D eigenvalue weighted by Gasteiger charge is -2.11. The van der Waals surface area contributed by atoms with Gasteiger partial charge in [0, 0.05) is 11.6 Å². The first kappa shape index (κ1) is 16.2. The van der Waals surface area contributed by atoms with E-state index in [0.29, 0.717) is 23.0 Å². The predicted molar refractivity (Wildman–Crippen MR) is 89.9 cm³/mol. The smallest absolute Gasteiger partial charge is 0.319 e. The minimum Gasteiger partial charge on any atom is -0.495 e. The van der Waals surface area contributed by atoms with Gasteiger partial charge in [-0.05, 0) is 37.1 Å².